The van der Waals surface area contributed by atoms with Crippen molar-refractivity contribution in [2.75, 3.05) is 19.6 Å². The van der Waals surface area contributed by atoms with Gasteiger partial charge in [-0.25, -0.2) is 0 Å². The molecule has 2 aliphatic heterocycles. The van der Waals surface area contributed by atoms with E-state index in [9.17, 15) is 4.79 Å². The molecule has 1 unspecified atom stereocenters. The Morgan fingerprint density at radius 3 is 2.63 bits per heavy atom. The van der Waals surface area contributed by atoms with Crippen molar-refractivity contribution in [3.8, 4) is 0 Å². The molecular weight excluding hydrogens is 332 g/mol. The van der Waals surface area contributed by atoms with E-state index in [1.165, 1.54) is 68.2 Å². The normalized spacial score (nSPS) is 21.6. The smallest absolute Gasteiger partial charge is 0.134 e. The molecule has 1 atom stereocenters. The number of benzene rings is 1. The molecule has 3 heteroatoms. The van der Waals surface area contributed by atoms with Crippen LogP contribution in [0.3, 0.4) is 0 Å². The van der Waals surface area contributed by atoms with Crippen molar-refractivity contribution in [1.29, 1.82) is 0 Å². The van der Waals surface area contributed by atoms with Crippen molar-refractivity contribution in [2.24, 2.45) is 5.92 Å². The van der Waals surface area contributed by atoms with Crippen molar-refractivity contribution in [3.63, 3.8) is 0 Å². The molecule has 0 saturated carbocycles. The Morgan fingerprint density at radius 1 is 0.963 bits per heavy atom. The van der Waals surface area contributed by atoms with E-state index in [1.54, 1.807) is 0 Å². The van der Waals surface area contributed by atoms with Gasteiger partial charge in [-0.3, -0.25) is 4.79 Å². The highest BCUT2D eigenvalue weighted by atomic mass is 16.1. The number of aryl methyl sites for hydroxylation is 1. The number of hydrogen-bond acceptors (Lipinski definition) is 2. The van der Waals surface area contributed by atoms with Crippen molar-refractivity contribution in [1.82, 2.24) is 9.47 Å². The summed E-state index contributed by atoms with van der Waals surface area (Å²) in [6.07, 6.45) is 11.6. The molecule has 4 rings (SSSR count). The molecule has 2 aromatic rings. The molecule has 3 heterocycles. The minimum absolute atomic E-state index is 0.476. The lowest BCUT2D eigenvalue weighted by Gasteiger charge is -2.19. The molecule has 1 fully saturated rings. The third-order valence-corrected chi connectivity index (χ3v) is 6.63. The van der Waals surface area contributed by atoms with E-state index in [2.05, 4.69) is 39.8 Å². The number of aromatic nitrogens is 1. The van der Waals surface area contributed by atoms with Gasteiger partial charge in [0.05, 0.1) is 0 Å². The van der Waals surface area contributed by atoms with E-state index in [1.807, 2.05) is 0 Å². The monoisotopic (exact) mass is 366 g/mol. The van der Waals surface area contributed by atoms with Gasteiger partial charge in [0, 0.05) is 37.1 Å². The zero-order valence-corrected chi connectivity index (χ0v) is 16.7. The Morgan fingerprint density at radius 2 is 1.78 bits per heavy atom. The van der Waals surface area contributed by atoms with Crippen LogP contribution in [-0.2, 0) is 17.8 Å². The molecule has 0 amide bonds. The fourth-order valence-electron chi connectivity index (χ4n) is 5.02. The molecular formula is C24H34N2O. The number of Topliss-reactive ketones (excluding diaryl/α,β-unsaturated/α-hetero) is 1. The molecule has 0 bridgehead atoms. The first-order valence-electron chi connectivity index (χ1n) is 11.1. The maximum atomic E-state index is 12.5. The van der Waals surface area contributed by atoms with Crippen LogP contribution in [0.4, 0.5) is 0 Å². The molecule has 1 aromatic carbocycles. The van der Waals surface area contributed by atoms with Gasteiger partial charge in [0.1, 0.15) is 5.78 Å². The maximum absolute atomic E-state index is 12.5. The summed E-state index contributed by atoms with van der Waals surface area (Å²) in [5, 5.41) is 1.36. The van der Waals surface area contributed by atoms with Crippen LogP contribution in [0, 0.1) is 5.92 Å². The number of likely N-dealkylation sites (tertiary alicyclic amines) is 1. The molecule has 2 aliphatic rings. The summed E-state index contributed by atoms with van der Waals surface area (Å²) in [5.41, 5.74) is 2.84. The fourth-order valence-corrected chi connectivity index (χ4v) is 5.02. The van der Waals surface area contributed by atoms with Gasteiger partial charge in [-0.2, -0.15) is 0 Å². The first-order valence-corrected chi connectivity index (χ1v) is 11.1. The van der Waals surface area contributed by atoms with Crippen LogP contribution >= 0.6 is 0 Å². The standard InChI is InChI=1S/C24H34N2O/c27-23(13-17-25-14-5-1-2-6-15-25)12-11-20-8-7-16-26-22(18-20)19-21-9-3-4-10-24(21)26/h3-4,9-10,19-20H,1-2,5-8,11-18H2. The number of fused-ring (bicyclic) bond motifs is 3. The van der Waals surface area contributed by atoms with Crippen LogP contribution in [-0.4, -0.2) is 34.9 Å². The summed E-state index contributed by atoms with van der Waals surface area (Å²) in [6.45, 7) is 4.50. The second-order valence-corrected chi connectivity index (χ2v) is 8.64. The second-order valence-electron chi connectivity index (χ2n) is 8.64. The number of para-hydroxylation sites is 1. The summed E-state index contributed by atoms with van der Waals surface area (Å²) < 4.78 is 2.51. The Labute approximate surface area is 163 Å². The van der Waals surface area contributed by atoms with Gasteiger partial charge in [0.25, 0.3) is 0 Å². The lowest BCUT2D eigenvalue weighted by molar-refractivity contribution is -0.119. The number of carbonyl (C=O) groups excluding carboxylic acids is 1. The molecule has 3 nitrogen and oxygen atoms in total. The summed E-state index contributed by atoms with van der Waals surface area (Å²) in [4.78, 5) is 15.0. The summed E-state index contributed by atoms with van der Waals surface area (Å²) >= 11 is 0. The molecule has 0 spiro atoms. The van der Waals surface area contributed by atoms with Crippen molar-refractivity contribution >= 4 is 16.7 Å². The first-order chi connectivity index (χ1) is 13.3. The van der Waals surface area contributed by atoms with Gasteiger partial charge < -0.3 is 9.47 Å². The maximum Gasteiger partial charge on any atom is 0.134 e. The van der Waals surface area contributed by atoms with Crippen LogP contribution in [0.25, 0.3) is 10.9 Å². The predicted octanol–water partition coefficient (Wildman–Crippen LogP) is 5.21. The van der Waals surface area contributed by atoms with Gasteiger partial charge in [0.15, 0.2) is 0 Å². The Balaban J connectivity index is 1.27. The van der Waals surface area contributed by atoms with E-state index < -0.39 is 0 Å². The highest BCUT2D eigenvalue weighted by molar-refractivity contribution is 5.81. The van der Waals surface area contributed by atoms with Gasteiger partial charge in [0.2, 0.25) is 0 Å². The molecule has 146 valence electrons. The number of nitrogens with zero attached hydrogens (tertiary/aromatic N) is 2. The molecule has 1 saturated heterocycles. The first kappa shape index (κ1) is 18.7. The van der Waals surface area contributed by atoms with Crippen LogP contribution in [0.15, 0.2) is 30.3 Å². The number of hydrogen-bond donors (Lipinski definition) is 0. The highest BCUT2D eigenvalue weighted by Gasteiger charge is 2.20. The van der Waals surface area contributed by atoms with Crippen molar-refractivity contribution in [3.05, 3.63) is 36.0 Å². The summed E-state index contributed by atoms with van der Waals surface area (Å²) in [7, 11) is 0. The molecule has 27 heavy (non-hydrogen) atoms. The highest BCUT2D eigenvalue weighted by Crippen LogP contribution is 2.29. The topological polar surface area (TPSA) is 25.2 Å². The third kappa shape index (κ3) is 4.82. The molecule has 0 radical (unpaired) electrons. The average Bonchev–Trinajstić information content (AvgIpc) is 2.88. The van der Waals surface area contributed by atoms with Crippen LogP contribution < -0.4 is 0 Å². The Hall–Kier alpha value is -1.61. The average molecular weight is 367 g/mol. The van der Waals surface area contributed by atoms with Gasteiger partial charge >= 0.3 is 0 Å². The van der Waals surface area contributed by atoms with Gasteiger partial charge in [-0.05, 0) is 75.1 Å². The third-order valence-electron chi connectivity index (χ3n) is 6.63. The lowest BCUT2D eigenvalue weighted by Crippen LogP contribution is -2.27. The van der Waals surface area contributed by atoms with E-state index in [0.717, 1.165) is 38.8 Å². The van der Waals surface area contributed by atoms with Crippen LogP contribution in [0.5, 0.6) is 0 Å². The zero-order valence-electron chi connectivity index (χ0n) is 16.7. The Bertz CT molecular complexity index is 755. The predicted molar refractivity (Wildman–Crippen MR) is 112 cm³/mol. The minimum Gasteiger partial charge on any atom is -0.345 e. The van der Waals surface area contributed by atoms with Crippen LogP contribution in [0.1, 0.15) is 63.5 Å². The second kappa shape index (κ2) is 9.05. The molecule has 0 N–H and O–H groups in total. The number of rotatable bonds is 6. The fraction of sp³-hybridized carbons (Fsp3) is 0.625. The summed E-state index contributed by atoms with van der Waals surface area (Å²) in [5.74, 6) is 1.14. The number of carbonyl (C=O) groups is 1. The Kier molecular flexibility index (Phi) is 6.28. The van der Waals surface area contributed by atoms with E-state index >= 15 is 0 Å². The van der Waals surface area contributed by atoms with Crippen molar-refractivity contribution in [2.45, 2.75) is 70.8 Å². The van der Waals surface area contributed by atoms with Crippen molar-refractivity contribution < 1.29 is 4.79 Å². The van der Waals surface area contributed by atoms with Gasteiger partial charge in [-0.15, -0.1) is 0 Å². The SMILES string of the molecule is O=C(CCC1CCCn2c(cc3ccccc32)C1)CCN1CCCCCC1. The van der Waals surface area contributed by atoms with E-state index in [0.29, 0.717) is 11.7 Å². The van der Waals surface area contributed by atoms with E-state index in [4.69, 9.17) is 0 Å². The molecule has 0 aliphatic carbocycles. The van der Waals surface area contributed by atoms with E-state index in [-0.39, 0.29) is 0 Å². The van der Waals surface area contributed by atoms with Crippen LogP contribution in [0.2, 0.25) is 0 Å². The molecule has 1 aromatic heterocycles. The zero-order chi connectivity index (χ0) is 18.5. The minimum atomic E-state index is 0.476. The summed E-state index contributed by atoms with van der Waals surface area (Å²) in [6, 6.07) is 11.1. The quantitative estimate of drug-likeness (QED) is 0.701. The largest absolute Gasteiger partial charge is 0.345 e. The number of ketones is 1. The van der Waals surface area contributed by atoms with Gasteiger partial charge in [-0.1, -0.05) is 31.0 Å². The lowest BCUT2D eigenvalue weighted by atomic mass is 9.92.